The van der Waals surface area contributed by atoms with Crippen LogP contribution in [0.2, 0.25) is 0 Å². The Balaban J connectivity index is 1.98. The molecule has 0 radical (unpaired) electrons. The molecule has 0 bridgehead atoms. The lowest BCUT2D eigenvalue weighted by Gasteiger charge is -2.06. The molecule has 0 saturated carbocycles. The van der Waals surface area contributed by atoms with Crippen LogP contribution in [-0.2, 0) is 0 Å². The predicted octanol–water partition coefficient (Wildman–Crippen LogP) is 5.73. The summed E-state index contributed by atoms with van der Waals surface area (Å²) in [5.41, 5.74) is 1.00. The summed E-state index contributed by atoms with van der Waals surface area (Å²) in [6.07, 6.45) is 3.73. The molecule has 0 aliphatic heterocycles. The second kappa shape index (κ2) is 11.7. The van der Waals surface area contributed by atoms with Crippen LogP contribution < -0.4 is 9.47 Å². The summed E-state index contributed by atoms with van der Waals surface area (Å²) in [6, 6.07) is 9.13. The lowest BCUT2D eigenvalue weighted by atomic mass is 10.2. The Labute approximate surface area is 165 Å². The molecule has 2 aromatic carbocycles. The summed E-state index contributed by atoms with van der Waals surface area (Å²) < 4.78 is 38.7. The second-order valence-corrected chi connectivity index (χ2v) is 6.19. The molecular formula is C24H24F2O2. The Hall–Kier alpha value is -2.98. The van der Waals surface area contributed by atoms with E-state index >= 15 is 0 Å². The van der Waals surface area contributed by atoms with Gasteiger partial charge in [-0.2, -0.15) is 0 Å². The van der Waals surface area contributed by atoms with Crippen molar-refractivity contribution < 1.29 is 18.3 Å². The lowest BCUT2D eigenvalue weighted by molar-refractivity contribution is 0.294. The van der Waals surface area contributed by atoms with E-state index < -0.39 is 11.6 Å². The minimum Gasteiger partial charge on any atom is -0.491 e. The van der Waals surface area contributed by atoms with Gasteiger partial charge < -0.3 is 9.47 Å². The van der Waals surface area contributed by atoms with Gasteiger partial charge in [-0.05, 0) is 61.1 Å². The first kappa shape index (κ1) is 21.3. The van der Waals surface area contributed by atoms with Crippen molar-refractivity contribution in [3.8, 4) is 35.2 Å². The van der Waals surface area contributed by atoms with Crippen molar-refractivity contribution in [2.75, 3.05) is 13.2 Å². The number of hydrogen-bond acceptors (Lipinski definition) is 2. The largest absolute Gasteiger partial charge is 0.491 e. The van der Waals surface area contributed by atoms with Crippen molar-refractivity contribution in [2.24, 2.45) is 0 Å². The van der Waals surface area contributed by atoms with Crippen LogP contribution in [0.1, 0.15) is 50.7 Å². The molecule has 2 aromatic rings. The van der Waals surface area contributed by atoms with Gasteiger partial charge in [0.1, 0.15) is 0 Å². The normalized spacial score (nSPS) is 9.71. The van der Waals surface area contributed by atoms with Crippen LogP contribution in [0.3, 0.4) is 0 Å². The molecule has 0 spiro atoms. The van der Waals surface area contributed by atoms with Gasteiger partial charge in [-0.25, -0.2) is 8.78 Å². The van der Waals surface area contributed by atoms with Gasteiger partial charge in [-0.15, -0.1) is 0 Å². The molecule has 0 aromatic heterocycles. The maximum absolute atomic E-state index is 14.0. The van der Waals surface area contributed by atoms with E-state index in [9.17, 15) is 8.78 Å². The summed E-state index contributed by atoms with van der Waals surface area (Å²) in [5.74, 6) is 10.4. The van der Waals surface area contributed by atoms with E-state index in [0.717, 1.165) is 25.7 Å². The Bertz CT molecular complexity index is 823. The Morgan fingerprint density at radius 1 is 0.714 bits per heavy atom. The number of unbranched alkanes of at least 4 members (excludes halogenated alkanes) is 2. The van der Waals surface area contributed by atoms with Gasteiger partial charge in [0.25, 0.3) is 0 Å². The van der Waals surface area contributed by atoms with E-state index in [0.29, 0.717) is 24.3 Å². The minimum atomic E-state index is -0.448. The van der Waals surface area contributed by atoms with Crippen molar-refractivity contribution in [3.63, 3.8) is 0 Å². The van der Waals surface area contributed by atoms with Gasteiger partial charge >= 0.3 is 0 Å². The van der Waals surface area contributed by atoms with Crippen molar-refractivity contribution in [1.29, 1.82) is 0 Å². The van der Waals surface area contributed by atoms with E-state index in [2.05, 4.69) is 23.7 Å². The summed E-state index contributed by atoms with van der Waals surface area (Å²) >= 11 is 0. The molecule has 0 amide bonds. The fraction of sp³-hybridized carbons (Fsp3) is 0.333. The standard InChI is InChI=1S/C24H24F2O2/c1-3-5-15-27-23-13-11-19(17-21(23)25)9-7-8-10-20-12-14-24(22(26)18-20)28-16-6-4-2/h11-14,17-18H,3-6,15-16H2,1-2H3. The molecule has 0 aliphatic carbocycles. The molecule has 0 N–H and O–H groups in total. The molecule has 0 fully saturated rings. The van der Waals surface area contributed by atoms with E-state index in [1.807, 2.05) is 13.8 Å². The first-order chi connectivity index (χ1) is 13.6. The van der Waals surface area contributed by atoms with E-state index in [4.69, 9.17) is 9.47 Å². The molecular weight excluding hydrogens is 358 g/mol. The van der Waals surface area contributed by atoms with Crippen LogP contribution in [0, 0.1) is 35.3 Å². The highest BCUT2D eigenvalue weighted by Crippen LogP contribution is 2.19. The molecule has 2 rings (SSSR count). The van der Waals surface area contributed by atoms with Crippen molar-refractivity contribution in [1.82, 2.24) is 0 Å². The maximum Gasteiger partial charge on any atom is 0.166 e. The van der Waals surface area contributed by atoms with Gasteiger partial charge in [-0.1, -0.05) is 38.5 Å². The Morgan fingerprint density at radius 3 is 1.50 bits per heavy atom. The average Bonchev–Trinajstić information content (AvgIpc) is 2.69. The fourth-order valence-corrected chi connectivity index (χ4v) is 2.25. The van der Waals surface area contributed by atoms with Crippen LogP contribution in [0.5, 0.6) is 11.5 Å². The van der Waals surface area contributed by atoms with Crippen LogP contribution in [0.4, 0.5) is 8.78 Å². The maximum atomic E-state index is 14.0. The van der Waals surface area contributed by atoms with Crippen LogP contribution >= 0.6 is 0 Å². The van der Waals surface area contributed by atoms with Gasteiger partial charge in [-0.3, -0.25) is 0 Å². The smallest absolute Gasteiger partial charge is 0.166 e. The predicted molar refractivity (Wildman–Crippen MR) is 107 cm³/mol. The van der Waals surface area contributed by atoms with Gasteiger partial charge in [0.15, 0.2) is 23.1 Å². The summed E-state index contributed by atoms with van der Waals surface area (Å²) in [7, 11) is 0. The topological polar surface area (TPSA) is 18.5 Å². The van der Waals surface area contributed by atoms with Crippen molar-refractivity contribution in [3.05, 3.63) is 59.2 Å². The zero-order valence-electron chi connectivity index (χ0n) is 16.3. The first-order valence-electron chi connectivity index (χ1n) is 9.50. The van der Waals surface area contributed by atoms with Gasteiger partial charge in [0.05, 0.1) is 13.2 Å². The van der Waals surface area contributed by atoms with E-state index in [-0.39, 0.29) is 11.5 Å². The average molecular weight is 382 g/mol. The van der Waals surface area contributed by atoms with Crippen LogP contribution in [0.25, 0.3) is 0 Å². The molecule has 0 unspecified atom stereocenters. The van der Waals surface area contributed by atoms with E-state index in [1.54, 1.807) is 24.3 Å². The molecule has 0 heterocycles. The Morgan fingerprint density at radius 2 is 1.14 bits per heavy atom. The zero-order valence-corrected chi connectivity index (χ0v) is 16.3. The first-order valence-corrected chi connectivity index (χ1v) is 9.50. The highest BCUT2D eigenvalue weighted by Gasteiger charge is 2.04. The highest BCUT2D eigenvalue weighted by molar-refractivity contribution is 5.46. The highest BCUT2D eigenvalue weighted by atomic mass is 19.1. The Kier molecular flexibility index (Phi) is 8.89. The summed E-state index contributed by atoms with van der Waals surface area (Å²) in [4.78, 5) is 0. The second-order valence-electron chi connectivity index (χ2n) is 6.19. The fourth-order valence-electron chi connectivity index (χ4n) is 2.25. The number of rotatable bonds is 8. The molecule has 0 atom stereocenters. The molecule has 28 heavy (non-hydrogen) atoms. The quantitative estimate of drug-likeness (QED) is 0.429. The van der Waals surface area contributed by atoms with Gasteiger partial charge in [0, 0.05) is 11.1 Å². The summed E-state index contributed by atoms with van der Waals surface area (Å²) in [6.45, 7) is 5.07. The third kappa shape index (κ3) is 6.97. The number of ether oxygens (including phenoxy) is 2. The van der Waals surface area contributed by atoms with Gasteiger partial charge in [0.2, 0.25) is 0 Å². The minimum absolute atomic E-state index is 0.224. The molecule has 146 valence electrons. The lowest BCUT2D eigenvalue weighted by Crippen LogP contribution is -1.98. The van der Waals surface area contributed by atoms with Crippen molar-refractivity contribution in [2.45, 2.75) is 39.5 Å². The van der Waals surface area contributed by atoms with Crippen LogP contribution in [0.15, 0.2) is 36.4 Å². The van der Waals surface area contributed by atoms with Crippen LogP contribution in [-0.4, -0.2) is 13.2 Å². The molecule has 2 nitrogen and oxygen atoms in total. The molecule has 4 heteroatoms. The third-order valence-corrected chi connectivity index (χ3v) is 3.85. The molecule has 0 aliphatic rings. The van der Waals surface area contributed by atoms with Crippen molar-refractivity contribution >= 4 is 0 Å². The summed E-state index contributed by atoms with van der Waals surface area (Å²) in [5, 5.41) is 0. The monoisotopic (exact) mass is 382 g/mol. The number of benzene rings is 2. The third-order valence-electron chi connectivity index (χ3n) is 3.85. The SMILES string of the molecule is CCCCOc1ccc(C#CC#Cc2ccc(OCCCC)c(F)c2)cc1F. The van der Waals surface area contributed by atoms with E-state index in [1.165, 1.54) is 12.1 Å². The molecule has 0 saturated heterocycles. The number of halogens is 2. The zero-order chi connectivity index (χ0) is 20.2. The number of hydrogen-bond donors (Lipinski definition) is 0.